The molecule has 0 fully saturated rings. The molecule has 0 bridgehead atoms. The van der Waals surface area contributed by atoms with Gasteiger partial charge < -0.3 is 5.73 Å². The molecule has 0 aromatic heterocycles. The van der Waals surface area contributed by atoms with E-state index in [-0.39, 0.29) is 11.3 Å². The van der Waals surface area contributed by atoms with Gasteiger partial charge in [-0.25, -0.2) is 8.78 Å². The number of nitro groups is 1. The summed E-state index contributed by atoms with van der Waals surface area (Å²) in [5, 5.41) is 10.3. The highest BCUT2D eigenvalue weighted by Crippen LogP contribution is 2.21. The number of halogens is 2. The third-order valence-corrected chi connectivity index (χ3v) is 1.76. The van der Waals surface area contributed by atoms with Gasteiger partial charge in [0.05, 0.1) is 11.0 Å². The van der Waals surface area contributed by atoms with E-state index in [4.69, 9.17) is 5.73 Å². The Morgan fingerprint density at radius 1 is 1.57 bits per heavy atom. The van der Waals surface area contributed by atoms with Gasteiger partial charge in [0.1, 0.15) is 12.5 Å². The zero-order chi connectivity index (χ0) is 10.7. The Hall–Kier alpha value is -1.56. The van der Waals surface area contributed by atoms with E-state index in [2.05, 4.69) is 0 Å². The maximum atomic E-state index is 13.0. The van der Waals surface area contributed by atoms with Crippen molar-refractivity contribution < 1.29 is 13.7 Å². The van der Waals surface area contributed by atoms with E-state index in [0.717, 1.165) is 18.2 Å². The van der Waals surface area contributed by atoms with Gasteiger partial charge in [0.25, 0.3) is 5.69 Å². The Kier molecular flexibility index (Phi) is 3.08. The molecule has 4 nitrogen and oxygen atoms in total. The number of hydrogen-bond acceptors (Lipinski definition) is 3. The minimum atomic E-state index is -1.16. The fourth-order valence-electron chi connectivity index (χ4n) is 1.01. The number of nitro benzene ring substituents is 1. The number of alkyl halides is 1. The van der Waals surface area contributed by atoms with Crippen molar-refractivity contribution in [2.45, 2.75) is 6.04 Å². The summed E-state index contributed by atoms with van der Waals surface area (Å²) in [6, 6.07) is 1.70. The zero-order valence-electron chi connectivity index (χ0n) is 7.11. The topological polar surface area (TPSA) is 69.2 Å². The summed E-state index contributed by atoms with van der Waals surface area (Å²) >= 11 is 0. The first-order chi connectivity index (χ1) is 6.56. The van der Waals surface area contributed by atoms with Crippen LogP contribution in [0.25, 0.3) is 0 Å². The Bertz CT molecular complexity index is 357. The predicted octanol–water partition coefficient (Wildman–Crippen LogP) is 1.70. The van der Waals surface area contributed by atoms with Crippen LogP contribution in [0.3, 0.4) is 0 Å². The van der Waals surface area contributed by atoms with Gasteiger partial charge in [-0.3, -0.25) is 10.1 Å². The molecule has 1 rings (SSSR count). The van der Waals surface area contributed by atoms with E-state index in [1.165, 1.54) is 0 Å². The molecule has 14 heavy (non-hydrogen) atoms. The SMILES string of the molecule is N[C@@H](CF)c1cc([N+](=O)[O-])ccc1F. The van der Waals surface area contributed by atoms with Crippen molar-refractivity contribution in [2.75, 3.05) is 6.67 Å². The molecule has 1 aromatic rings. The van der Waals surface area contributed by atoms with Crippen LogP contribution < -0.4 is 5.73 Å². The third-order valence-electron chi connectivity index (χ3n) is 1.76. The lowest BCUT2D eigenvalue weighted by Crippen LogP contribution is -2.14. The largest absolute Gasteiger partial charge is 0.322 e. The molecule has 0 radical (unpaired) electrons. The summed E-state index contributed by atoms with van der Waals surface area (Å²) in [5.41, 5.74) is 4.75. The highest BCUT2D eigenvalue weighted by atomic mass is 19.1. The highest BCUT2D eigenvalue weighted by molar-refractivity contribution is 5.36. The number of hydrogen-bond donors (Lipinski definition) is 1. The maximum absolute atomic E-state index is 13.0. The van der Waals surface area contributed by atoms with Gasteiger partial charge >= 0.3 is 0 Å². The minimum absolute atomic E-state index is 0.179. The summed E-state index contributed by atoms with van der Waals surface area (Å²) < 4.78 is 25.1. The normalized spacial score (nSPS) is 12.5. The standard InChI is InChI=1S/C8H8F2N2O2/c9-4-8(11)6-3-5(12(13)14)1-2-7(6)10/h1-3,8H,4,11H2/t8-/m0/s1. The Morgan fingerprint density at radius 3 is 2.71 bits per heavy atom. The molecule has 0 aliphatic rings. The summed E-state index contributed by atoms with van der Waals surface area (Å²) in [5.74, 6) is -0.735. The summed E-state index contributed by atoms with van der Waals surface area (Å²) in [6.07, 6.45) is 0. The molecular formula is C8H8F2N2O2. The maximum Gasteiger partial charge on any atom is 0.269 e. The van der Waals surface area contributed by atoms with Gasteiger partial charge in [0, 0.05) is 17.7 Å². The first-order valence-electron chi connectivity index (χ1n) is 3.81. The number of nitrogens with zero attached hydrogens (tertiary/aromatic N) is 1. The second-order valence-electron chi connectivity index (χ2n) is 2.72. The van der Waals surface area contributed by atoms with E-state index in [1.807, 2.05) is 0 Å². The second kappa shape index (κ2) is 4.10. The lowest BCUT2D eigenvalue weighted by atomic mass is 10.1. The Balaban J connectivity index is 3.14. The molecule has 0 saturated carbocycles. The summed E-state index contributed by atoms with van der Waals surface area (Å²) in [6.45, 7) is -0.960. The van der Waals surface area contributed by atoms with Crippen LogP contribution in [0.5, 0.6) is 0 Å². The minimum Gasteiger partial charge on any atom is -0.322 e. The lowest BCUT2D eigenvalue weighted by molar-refractivity contribution is -0.385. The summed E-state index contributed by atoms with van der Waals surface area (Å²) in [4.78, 5) is 9.64. The molecule has 2 N–H and O–H groups in total. The first-order valence-corrected chi connectivity index (χ1v) is 3.81. The molecule has 0 amide bonds. The predicted molar refractivity (Wildman–Crippen MR) is 46.0 cm³/mol. The van der Waals surface area contributed by atoms with Gasteiger partial charge in [0.2, 0.25) is 0 Å². The fourth-order valence-corrected chi connectivity index (χ4v) is 1.01. The molecule has 0 aliphatic carbocycles. The molecule has 6 heteroatoms. The second-order valence-corrected chi connectivity index (χ2v) is 2.72. The van der Waals surface area contributed by atoms with E-state index < -0.39 is 23.5 Å². The zero-order valence-corrected chi connectivity index (χ0v) is 7.11. The molecule has 1 atom stereocenters. The van der Waals surface area contributed by atoms with Crippen molar-refractivity contribution in [2.24, 2.45) is 5.73 Å². The molecule has 76 valence electrons. The van der Waals surface area contributed by atoms with Crippen LogP contribution in [0.1, 0.15) is 11.6 Å². The average Bonchev–Trinajstić information content (AvgIpc) is 2.17. The molecule has 1 aromatic carbocycles. The van der Waals surface area contributed by atoms with Crippen LogP contribution in [-0.2, 0) is 0 Å². The highest BCUT2D eigenvalue weighted by Gasteiger charge is 2.15. The first kappa shape index (κ1) is 10.5. The summed E-state index contributed by atoms with van der Waals surface area (Å²) in [7, 11) is 0. The van der Waals surface area contributed by atoms with Gasteiger partial charge in [-0.1, -0.05) is 0 Å². The van der Waals surface area contributed by atoms with Gasteiger partial charge in [-0.2, -0.15) is 0 Å². The van der Waals surface area contributed by atoms with E-state index in [0.29, 0.717) is 0 Å². The van der Waals surface area contributed by atoms with Gasteiger partial charge in [-0.15, -0.1) is 0 Å². The van der Waals surface area contributed by atoms with Crippen LogP contribution in [0, 0.1) is 15.9 Å². The molecular weight excluding hydrogens is 194 g/mol. The van der Waals surface area contributed by atoms with Crippen LogP contribution >= 0.6 is 0 Å². The smallest absolute Gasteiger partial charge is 0.269 e. The number of benzene rings is 1. The van der Waals surface area contributed by atoms with Crippen molar-refractivity contribution >= 4 is 5.69 Å². The average molecular weight is 202 g/mol. The number of rotatable bonds is 3. The fraction of sp³-hybridized carbons (Fsp3) is 0.250. The third kappa shape index (κ3) is 2.02. The van der Waals surface area contributed by atoms with Crippen LogP contribution in [0.15, 0.2) is 18.2 Å². The Morgan fingerprint density at radius 2 is 2.21 bits per heavy atom. The van der Waals surface area contributed by atoms with Crippen molar-refractivity contribution in [3.63, 3.8) is 0 Å². The quantitative estimate of drug-likeness (QED) is 0.599. The van der Waals surface area contributed by atoms with Crippen LogP contribution in [-0.4, -0.2) is 11.6 Å². The monoisotopic (exact) mass is 202 g/mol. The van der Waals surface area contributed by atoms with Crippen LogP contribution in [0.4, 0.5) is 14.5 Å². The van der Waals surface area contributed by atoms with Crippen molar-refractivity contribution in [1.29, 1.82) is 0 Å². The number of nitrogens with two attached hydrogens (primary N) is 1. The van der Waals surface area contributed by atoms with Crippen LogP contribution in [0.2, 0.25) is 0 Å². The molecule has 0 heterocycles. The lowest BCUT2D eigenvalue weighted by Gasteiger charge is -2.07. The van der Waals surface area contributed by atoms with E-state index in [9.17, 15) is 18.9 Å². The van der Waals surface area contributed by atoms with Crippen molar-refractivity contribution in [1.82, 2.24) is 0 Å². The molecule has 0 spiro atoms. The van der Waals surface area contributed by atoms with Crippen molar-refractivity contribution in [3.8, 4) is 0 Å². The van der Waals surface area contributed by atoms with Gasteiger partial charge in [0.15, 0.2) is 0 Å². The molecule has 0 aliphatic heterocycles. The van der Waals surface area contributed by atoms with E-state index >= 15 is 0 Å². The van der Waals surface area contributed by atoms with E-state index in [1.54, 1.807) is 0 Å². The molecule has 0 saturated heterocycles. The Labute approximate surface area is 78.5 Å². The van der Waals surface area contributed by atoms with Gasteiger partial charge in [-0.05, 0) is 6.07 Å². The van der Waals surface area contributed by atoms with Crippen molar-refractivity contribution in [3.05, 3.63) is 39.7 Å². The number of non-ortho nitro benzene ring substituents is 1. The molecule has 0 unspecified atom stereocenters.